The Morgan fingerprint density at radius 3 is 2.79 bits per heavy atom. The van der Waals surface area contributed by atoms with E-state index in [-0.39, 0.29) is 0 Å². The molecule has 0 atom stereocenters. The summed E-state index contributed by atoms with van der Waals surface area (Å²) in [6.45, 7) is 0. The van der Waals surface area contributed by atoms with Gasteiger partial charge >= 0.3 is 0 Å². The quantitative estimate of drug-likeness (QED) is 0.590. The van der Waals surface area contributed by atoms with E-state index < -0.39 is 0 Å². The number of nitrogens with zero attached hydrogens (tertiary/aromatic N) is 3. The number of hydrogen-bond acceptors (Lipinski definition) is 7. The Bertz CT molecular complexity index is 726. The second kappa shape index (κ2) is 5.36. The standard InChI is InChI=1S/C12H10N4S3/c1-17-11-15-16-12(19-11)18-9-3-2-7-6-14-5-4-8(7)10(9)13/h2-6H,13H2,1H3. The fourth-order valence-electron chi connectivity index (χ4n) is 1.68. The van der Waals surface area contributed by atoms with Gasteiger partial charge in [0.1, 0.15) is 0 Å². The van der Waals surface area contributed by atoms with E-state index in [0.29, 0.717) is 0 Å². The van der Waals surface area contributed by atoms with Gasteiger partial charge in [-0.05, 0) is 18.4 Å². The van der Waals surface area contributed by atoms with Crippen LogP contribution in [-0.4, -0.2) is 21.4 Å². The third kappa shape index (κ3) is 2.54. The highest BCUT2D eigenvalue weighted by atomic mass is 32.2. The number of anilines is 1. The lowest BCUT2D eigenvalue weighted by atomic mass is 10.1. The maximum Gasteiger partial charge on any atom is 0.179 e. The van der Waals surface area contributed by atoms with Gasteiger partial charge in [0.2, 0.25) is 0 Å². The molecule has 0 aliphatic carbocycles. The fourth-order valence-corrected chi connectivity index (χ4v) is 4.14. The summed E-state index contributed by atoms with van der Waals surface area (Å²) >= 11 is 4.73. The molecule has 0 amide bonds. The molecule has 0 saturated carbocycles. The van der Waals surface area contributed by atoms with Crippen molar-refractivity contribution in [3.8, 4) is 0 Å². The van der Waals surface area contributed by atoms with E-state index in [2.05, 4.69) is 15.2 Å². The van der Waals surface area contributed by atoms with Gasteiger partial charge in [-0.15, -0.1) is 10.2 Å². The first-order valence-electron chi connectivity index (χ1n) is 5.45. The van der Waals surface area contributed by atoms with Crippen LogP contribution in [-0.2, 0) is 0 Å². The maximum absolute atomic E-state index is 6.21. The maximum atomic E-state index is 6.21. The van der Waals surface area contributed by atoms with Gasteiger partial charge in [0.25, 0.3) is 0 Å². The zero-order valence-corrected chi connectivity index (χ0v) is 12.5. The largest absolute Gasteiger partial charge is 0.397 e. The second-order valence-corrected chi connectivity index (χ2v) is 7.03. The molecule has 96 valence electrons. The lowest BCUT2D eigenvalue weighted by molar-refractivity contribution is 0.956. The minimum absolute atomic E-state index is 0.769. The van der Waals surface area contributed by atoms with E-state index in [0.717, 1.165) is 30.0 Å². The Balaban J connectivity index is 1.98. The minimum Gasteiger partial charge on any atom is -0.397 e. The molecule has 1 aromatic carbocycles. The van der Waals surface area contributed by atoms with Gasteiger partial charge in [-0.2, -0.15) is 0 Å². The van der Waals surface area contributed by atoms with Crippen LogP contribution < -0.4 is 5.73 Å². The smallest absolute Gasteiger partial charge is 0.179 e. The van der Waals surface area contributed by atoms with Crippen molar-refractivity contribution < 1.29 is 0 Å². The molecule has 0 spiro atoms. The summed E-state index contributed by atoms with van der Waals surface area (Å²) in [6.07, 6.45) is 5.56. The van der Waals surface area contributed by atoms with E-state index in [4.69, 9.17) is 5.73 Å². The number of nitrogen functional groups attached to an aromatic ring is 1. The van der Waals surface area contributed by atoms with Crippen LogP contribution in [0.25, 0.3) is 10.8 Å². The summed E-state index contributed by atoms with van der Waals surface area (Å²) in [5.41, 5.74) is 6.98. The molecular formula is C12H10N4S3. The van der Waals surface area contributed by atoms with Gasteiger partial charge in [0.05, 0.1) is 5.69 Å². The van der Waals surface area contributed by atoms with E-state index in [9.17, 15) is 0 Å². The summed E-state index contributed by atoms with van der Waals surface area (Å²) < 4.78 is 1.87. The molecule has 2 N–H and O–H groups in total. The van der Waals surface area contributed by atoms with Crippen LogP contribution in [0.1, 0.15) is 0 Å². The molecule has 3 rings (SSSR count). The Kier molecular flexibility index (Phi) is 3.58. The van der Waals surface area contributed by atoms with Crippen LogP contribution in [0, 0.1) is 0 Å². The van der Waals surface area contributed by atoms with Crippen molar-refractivity contribution >= 4 is 51.3 Å². The highest BCUT2D eigenvalue weighted by Gasteiger charge is 2.09. The molecule has 0 unspecified atom stereocenters. The van der Waals surface area contributed by atoms with E-state index >= 15 is 0 Å². The first-order chi connectivity index (χ1) is 9.28. The molecule has 2 aromatic heterocycles. The van der Waals surface area contributed by atoms with Crippen molar-refractivity contribution in [3.63, 3.8) is 0 Å². The molecule has 0 saturated heterocycles. The van der Waals surface area contributed by atoms with Gasteiger partial charge in [-0.3, -0.25) is 4.98 Å². The van der Waals surface area contributed by atoms with Crippen molar-refractivity contribution in [2.75, 3.05) is 12.0 Å². The summed E-state index contributed by atoms with van der Waals surface area (Å²) in [7, 11) is 0. The van der Waals surface area contributed by atoms with Gasteiger partial charge < -0.3 is 5.73 Å². The predicted octanol–water partition coefficient (Wildman–Crippen LogP) is 3.54. The van der Waals surface area contributed by atoms with Gasteiger partial charge in [0, 0.05) is 28.1 Å². The van der Waals surface area contributed by atoms with Crippen molar-refractivity contribution in [1.29, 1.82) is 0 Å². The highest BCUT2D eigenvalue weighted by Crippen LogP contribution is 2.38. The molecule has 2 heterocycles. The van der Waals surface area contributed by atoms with Crippen LogP contribution in [0.3, 0.4) is 0 Å². The molecule has 0 fully saturated rings. The molecule has 4 nitrogen and oxygen atoms in total. The molecule has 0 bridgehead atoms. The normalized spacial score (nSPS) is 11.0. The summed E-state index contributed by atoms with van der Waals surface area (Å²) in [5, 5.41) is 10.3. The predicted molar refractivity (Wildman–Crippen MR) is 82.0 cm³/mol. The number of fused-ring (bicyclic) bond motifs is 1. The first kappa shape index (κ1) is 12.7. The Labute approximate surface area is 122 Å². The average Bonchev–Trinajstić information content (AvgIpc) is 2.90. The van der Waals surface area contributed by atoms with Crippen molar-refractivity contribution in [1.82, 2.24) is 15.2 Å². The number of rotatable bonds is 3. The Hall–Kier alpha value is -1.31. The van der Waals surface area contributed by atoms with Gasteiger partial charge in [-0.25, -0.2) is 0 Å². The fraction of sp³-hybridized carbons (Fsp3) is 0.0833. The first-order valence-corrected chi connectivity index (χ1v) is 8.31. The van der Waals surface area contributed by atoms with Gasteiger partial charge in [0.15, 0.2) is 8.68 Å². The van der Waals surface area contributed by atoms with Gasteiger partial charge in [-0.1, -0.05) is 40.9 Å². The number of pyridine rings is 1. The van der Waals surface area contributed by atoms with Crippen LogP contribution in [0.15, 0.2) is 44.2 Å². The number of nitrogens with two attached hydrogens (primary N) is 1. The molecule has 0 aliphatic rings. The molecule has 0 aliphatic heterocycles. The van der Waals surface area contributed by atoms with E-state index in [1.165, 1.54) is 0 Å². The number of thioether (sulfide) groups is 1. The van der Waals surface area contributed by atoms with Crippen LogP contribution in [0.5, 0.6) is 0 Å². The zero-order valence-electron chi connectivity index (χ0n) is 10.0. The topological polar surface area (TPSA) is 64.7 Å². The number of hydrogen-bond donors (Lipinski definition) is 1. The van der Waals surface area contributed by atoms with Crippen molar-refractivity contribution in [3.05, 3.63) is 30.6 Å². The Morgan fingerprint density at radius 1 is 1.16 bits per heavy atom. The summed E-state index contributed by atoms with van der Waals surface area (Å²) in [4.78, 5) is 5.10. The summed E-state index contributed by atoms with van der Waals surface area (Å²) in [6, 6.07) is 5.96. The number of aromatic nitrogens is 3. The van der Waals surface area contributed by atoms with E-state index in [1.54, 1.807) is 41.1 Å². The molecule has 0 radical (unpaired) electrons. The van der Waals surface area contributed by atoms with Crippen LogP contribution in [0.2, 0.25) is 0 Å². The molecule has 3 aromatic rings. The third-order valence-electron chi connectivity index (χ3n) is 2.58. The highest BCUT2D eigenvalue weighted by molar-refractivity contribution is 8.03. The second-order valence-electron chi connectivity index (χ2n) is 3.71. The van der Waals surface area contributed by atoms with Crippen LogP contribution in [0.4, 0.5) is 5.69 Å². The Morgan fingerprint density at radius 2 is 2.00 bits per heavy atom. The lowest BCUT2D eigenvalue weighted by Crippen LogP contribution is -1.90. The molecular weight excluding hydrogens is 296 g/mol. The monoisotopic (exact) mass is 306 g/mol. The molecule has 19 heavy (non-hydrogen) atoms. The zero-order chi connectivity index (χ0) is 13.2. The third-order valence-corrected chi connectivity index (χ3v) is 5.61. The molecule has 7 heteroatoms. The number of benzene rings is 1. The average molecular weight is 306 g/mol. The SMILES string of the molecule is CSc1nnc(Sc2ccc3cnccc3c2N)s1. The van der Waals surface area contributed by atoms with E-state index in [1.807, 2.05) is 30.7 Å². The minimum atomic E-state index is 0.769. The van der Waals surface area contributed by atoms with Crippen molar-refractivity contribution in [2.45, 2.75) is 13.6 Å². The lowest BCUT2D eigenvalue weighted by Gasteiger charge is -2.06. The van der Waals surface area contributed by atoms with Crippen LogP contribution >= 0.6 is 34.9 Å². The van der Waals surface area contributed by atoms with Crippen molar-refractivity contribution in [2.24, 2.45) is 0 Å². The summed E-state index contributed by atoms with van der Waals surface area (Å²) in [5.74, 6) is 0.